The predicted octanol–water partition coefficient (Wildman–Crippen LogP) is 4.51. The first-order valence-electron chi connectivity index (χ1n) is 10.6. The maximum Gasteiger partial charge on any atom is 0.300 e. The molecule has 7 nitrogen and oxygen atoms in total. The van der Waals surface area contributed by atoms with Crippen molar-refractivity contribution in [1.29, 1.82) is 0 Å². The molecule has 1 atom stereocenters. The van der Waals surface area contributed by atoms with Crippen LogP contribution in [-0.2, 0) is 9.59 Å². The molecule has 1 N–H and O–H groups in total. The van der Waals surface area contributed by atoms with Gasteiger partial charge in [0, 0.05) is 29.7 Å². The summed E-state index contributed by atoms with van der Waals surface area (Å²) >= 11 is 0. The molecule has 0 bridgehead atoms. The van der Waals surface area contributed by atoms with Gasteiger partial charge in [-0.1, -0.05) is 25.1 Å². The number of nitrogens with zero attached hydrogens (tertiary/aromatic N) is 2. The van der Waals surface area contributed by atoms with E-state index in [9.17, 15) is 14.7 Å². The SMILES string of the molecule is CCCOc1cccc(/C(O)=C2\C(=O)C(=O)N(c3cccc(OC)c3)C2c2ccncc2)c1. The number of benzene rings is 2. The van der Waals surface area contributed by atoms with E-state index in [4.69, 9.17) is 9.47 Å². The van der Waals surface area contributed by atoms with Crippen molar-refractivity contribution < 1.29 is 24.2 Å². The molecular weight excluding hydrogens is 420 g/mol. The van der Waals surface area contributed by atoms with Crippen molar-refractivity contribution in [2.75, 3.05) is 18.6 Å². The number of anilines is 1. The molecule has 168 valence electrons. The predicted molar refractivity (Wildman–Crippen MR) is 124 cm³/mol. The number of hydrogen-bond donors (Lipinski definition) is 1. The molecule has 1 unspecified atom stereocenters. The van der Waals surface area contributed by atoms with Crippen LogP contribution in [0.3, 0.4) is 0 Å². The number of aliphatic hydroxyl groups is 1. The fourth-order valence-electron chi connectivity index (χ4n) is 3.83. The Bertz CT molecular complexity index is 1210. The molecule has 1 amide bonds. The molecule has 1 fully saturated rings. The number of pyridine rings is 1. The number of rotatable bonds is 7. The highest BCUT2D eigenvalue weighted by molar-refractivity contribution is 6.51. The van der Waals surface area contributed by atoms with Crippen LogP contribution in [0.5, 0.6) is 11.5 Å². The number of carbonyl (C=O) groups excluding carboxylic acids is 2. The molecule has 1 aromatic heterocycles. The van der Waals surface area contributed by atoms with Gasteiger partial charge in [-0.2, -0.15) is 0 Å². The quantitative estimate of drug-likeness (QED) is 0.328. The summed E-state index contributed by atoms with van der Waals surface area (Å²) in [6, 6.07) is 16.4. The maximum absolute atomic E-state index is 13.2. The smallest absolute Gasteiger partial charge is 0.300 e. The monoisotopic (exact) mass is 444 g/mol. The van der Waals surface area contributed by atoms with Gasteiger partial charge in [0.15, 0.2) is 0 Å². The van der Waals surface area contributed by atoms with Crippen LogP contribution >= 0.6 is 0 Å². The number of ketones is 1. The van der Waals surface area contributed by atoms with Gasteiger partial charge in [0.1, 0.15) is 17.3 Å². The highest BCUT2D eigenvalue weighted by Crippen LogP contribution is 2.42. The average molecular weight is 444 g/mol. The Morgan fingerprint density at radius 2 is 1.76 bits per heavy atom. The minimum absolute atomic E-state index is 0.00154. The van der Waals surface area contributed by atoms with Crippen LogP contribution in [0, 0.1) is 0 Å². The first-order chi connectivity index (χ1) is 16.0. The van der Waals surface area contributed by atoms with E-state index in [1.165, 1.54) is 12.0 Å². The van der Waals surface area contributed by atoms with Crippen LogP contribution in [-0.4, -0.2) is 35.5 Å². The Morgan fingerprint density at radius 1 is 1.03 bits per heavy atom. The Labute approximate surface area is 191 Å². The van der Waals surface area contributed by atoms with Gasteiger partial charge in [-0.15, -0.1) is 0 Å². The molecule has 4 rings (SSSR count). The van der Waals surface area contributed by atoms with E-state index in [0.717, 1.165) is 6.42 Å². The lowest BCUT2D eigenvalue weighted by molar-refractivity contribution is -0.132. The van der Waals surface area contributed by atoms with Gasteiger partial charge >= 0.3 is 0 Å². The summed E-state index contributed by atoms with van der Waals surface area (Å²) in [6.07, 6.45) is 4.00. The molecule has 1 saturated heterocycles. The minimum Gasteiger partial charge on any atom is -0.507 e. The molecule has 1 aliphatic rings. The number of carbonyl (C=O) groups is 2. The number of methoxy groups -OCH3 is 1. The summed E-state index contributed by atoms with van der Waals surface area (Å²) in [6.45, 7) is 2.53. The van der Waals surface area contributed by atoms with E-state index in [0.29, 0.717) is 34.9 Å². The van der Waals surface area contributed by atoms with Crippen LogP contribution in [0.1, 0.15) is 30.5 Å². The summed E-state index contributed by atoms with van der Waals surface area (Å²) in [5.74, 6) is -0.642. The lowest BCUT2D eigenvalue weighted by Gasteiger charge is -2.25. The lowest BCUT2D eigenvalue weighted by atomic mass is 9.95. The van der Waals surface area contributed by atoms with Gasteiger partial charge in [0.05, 0.1) is 25.3 Å². The molecular formula is C26H24N2O5. The van der Waals surface area contributed by atoms with Crippen molar-refractivity contribution in [3.05, 3.63) is 89.8 Å². The van der Waals surface area contributed by atoms with Crippen LogP contribution < -0.4 is 14.4 Å². The van der Waals surface area contributed by atoms with Gasteiger partial charge in [0.2, 0.25) is 0 Å². The van der Waals surface area contributed by atoms with Crippen molar-refractivity contribution in [3.8, 4) is 11.5 Å². The van der Waals surface area contributed by atoms with E-state index in [1.54, 1.807) is 73.1 Å². The molecule has 0 spiro atoms. The molecule has 3 aromatic rings. The first-order valence-corrected chi connectivity index (χ1v) is 10.6. The second-order valence-electron chi connectivity index (χ2n) is 7.53. The largest absolute Gasteiger partial charge is 0.507 e. The normalized spacial score (nSPS) is 17.3. The third-order valence-corrected chi connectivity index (χ3v) is 5.38. The fourth-order valence-corrected chi connectivity index (χ4v) is 3.83. The molecule has 2 aromatic carbocycles. The number of ether oxygens (including phenoxy) is 2. The summed E-state index contributed by atoms with van der Waals surface area (Å²) in [4.78, 5) is 31.8. The van der Waals surface area contributed by atoms with Crippen molar-refractivity contribution in [2.24, 2.45) is 0 Å². The number of amides is 1. The fraction of sp³-hybridized carbons (Fsp3) is 0.192. The molecule has 7 heteroatoms. The van der Waals surface area contributed by atoms with Crippen LogP contribution in [0.4, 0.5) is 5.69 Å². The second-order valence-corrected chi connectivity index (χ2v) is 7.53. The topological polar surface area (TPSA) is 89.0 Å². The van der Waals surface area contributed by atoms with Gasteiger partial charge in [-0.3, -0.25) is 19.5 Å². The molecule has 1 aliphatic heterocycles. The van der Waals surface area contributed by atoms with Gasteiger partial charge < -0.3 is 14.6 Å². The lowest BCUT2D eigenvalue weighted by Crippen LogP contribution is -2.29. The first kappa shape index (κ1) is 22.1. The Kier molecular flexibility index (Phi) is 6.40. The van der Waals surface area contributed by atoms with Crippen LogP contribution in [0.15, 0.2) is 78.6 Å². The zero-order valence-electron chi connectivity index (χ0n) is 18.4. The van der Waals surface area contributed by atoms with Crippen molar-refractivity contribution in [2.45, 2.75) is 19.4 Å². The van der Waals surface area contributed by atoms with E-state index in [1.807, 2.05) is 6.92 Å². The summed E-state index contributed by atoms with van der Waals surface area (Å²) in [5.41, 5.74) is 1.53. The molecule has 2 heterocycles. The van der Waals surface area contributed by atoms with Gasteiger partial charge in [0.25, 0.3) is 11.7 Å². The van der Waals surface area contributed by atoms with Crippen molar-refractivity contribution in [1.82, 2.24) is 4.98 Å². The van der Waals surface area contributed by atoms with E-state index >= 15 is 0 Å². The summed E-state index contributed by atoms with van der Waals surface area (Å²) in [7, 11) is 1.53. The van der Waals surface area contributed by atoms with Gasteiger partial charge in [-0.25, -0.2) is 0 Å². The third-order valence-electron chi connectivity index (χ3n) is 5.38. The zero-order chi connectivity index (χ0) is 23.4. The number of aromatic nitrogens is 1. The Morgan fingerprint density at radius 3 is 2.48 bits per heavy atom. The molecule has 33 heavy (non-hydrogen) atoms. The molecule has 0 saturated carbocycles. The van der Waals surface area contributed by atoms with E-state index in [-0.39, 0.29) is 11.3 Å². The molecule has 0 aliphatic carbocycles. The summed E-state index contributed by atoms with van der Waals surface area (Å²) < 4.78 is 11.0. The standard InChI is InChI=1S/C26H24N2O5/c1-3-14-33-21-9-4-6-18(15-21)24(29)22-23(17-10-12-27-13-11-17)28(26(31)25(22)30)19-7-5-8-20(16-19)32-2/h4-13,15-16,23,29H,3,14H2,1-2H3/b24-22+. The van der Waals surface area contributed by atoms with Crippen molar-refractivity contribution in [3.63, 3.8) is 0 Å². The van der Waals surface area contributed by atoms with E-state index in [2.05, 4.69) is 4.98 Å². The number of Topliss-reactive ketones (excluding diaryl/α,β-unsaturated/α-hetero) is 1. The third kappa shape index (κ3) is 4.30. The molecule has 0 radical (unpaired) electrons. The minimum atomic E-state index is -0.833. The number of aliphatic hydroxyl groups excluding tert-OH is 1. The second kappa shape index (κ2) is 9.56. The van der Waals surface area contributed by atoms with Gasteiger partial charge in [-0.05, 0) is 48.4 Å². The zero-order valence-corrected chi connectivity index (χ0v) is 18.4. The highest BCUT2D eigenvalue weighted by atomic mass is 16.5. The highest BCUT2D eigenvalue weighted by Gasteiger charge is 2.47. The summed E-state index contributed by atoms with van der Waals surface area (Å²) in [5, 5.41) is 11.2. The Hall–Kier alpha value is -4.13. The van der Waals surface area contributed by atoms with E-state index < -0.39 is 17.7 Å². The Balaban J connectivity index is 1.88. The van der Waals surface area contributed by atoms with Crippen molar-refractivity contribution >= 4 is 23.1 Å². The van der Waals surface area contributed by atoms with Crippen LogP contribution in [0.2, 0.25) is 0 Å². The number of hydrogen-bond acceptors (Lipinski definition) is 6. The van der Waals surface area contributed by atoms with Crippen LogP contribution in [0.25, 0.3) is 5.76 Å². The average Bonchev–Trinajstić information content (AvgIpc) is 3.13. The maximum atomic E-state index is 13.2.